The lowest BCUT2D eigenvalue weighted by molar-refractivity contribution is -0.125. The highest BCUT2D eigenvalue weighted by atomic mass is 35.5. The van der Waals surface area contributed by atoms with E-state index in [1.54, 1.807) is 0 Å². The number of benzene rings is 1. The number of amides is 2. The fraction of sp³-hybridized carbons (Fsp3) is 0.480. The monoisotopic (exact) mass is 537 g/mol. The summed E-state index contributed by atoms with van der Waals surface area (Å²) in [4.78, 5) is 32.2. The van der Waals surface area contributed by atoms with Crippen molar-refractivity contribution in [2.24, 2.45) is 11.8 Å². The Balaban J connectivity index is 1.38. The van der Waals surface area contributed by atoms with Gasteiger partial charge in [0.1, 0.15) is 17.7 Å². The molecule has 5 rings (SSSR count). The van der Waals surface area contributed by atoms with Gasteiger partial charge in [-0.05, 0) is 62.1 Å². The van der Waals surface area contributed by atoms with Gasteiger partial charge in [-0.25, -0.2) is 17.2 Å². The van der Waals surface area contributed by atoms with Crippen LogP contribution >= 0.6 is 11.6 Å². The van der Waals surface area contributed by atoms with E-state index < -0.39 is 50.6 Å². The Morgan fingerprint density at radius 3 is 2.50 bits per heavy atom. The number of carbonyl (C=O) groups excluding carboxylic acids is 2. The minimum absolute atomic E-state index is 0.00173. The zero-order valence-electron chi connectivity index (χ0n) is 19.6. The van der Waals surface area contributed by atoms with Crippen molar-refractivity contribution in [1.82, 2.24) is 15.2 Å². The molecular formula is C25H26ClF2N3O4S. The minimum atomic E-state index is -3.53. The van der Waals surface area contributed by atoms with Crippen molar-refractivity contribution in [3.8, 4) is 0 Å². The SMILES string of the molecule is C[C@@H]1C[C@H](C(=O)N[C@@H](c2cc(F)c(Cl)cc2F)C2CC2)N(C(=O)c2cncc(S(=O)(=O)C3CC3)c2)C1. The van der Waals surface area contributed by atoms with Crippen LogP contribution in [0.1, 0.15) is 61.0 Å². The second kappa shape index (κ2) is 9.37. The van der Waals surface area contributed by atoms with Gasteiger partial charge in [-0.1, -0.05) is 18.5 Å². The molecule has 2 aromatic rings. The molecule has 7 nitrogen and oxygen atoms in total. The van der Waals surface area contributed by atoms with E-state index in [1.165, 1.54) is 23.4 Å². The van der Waals surface area contributed by atoms with E-state index in [4.69, 9.17) is 11.6 Å². The summed E-state index contributed by atoms with van der Waals surface area (Å²) >= 11 is 5.69. The Morgan fingerprint density at radius 2 is 1.83 bits per heavy atom. The molecule has 0 unspecified atom stereocenters. The summed E-state index contributed by atoms with van der Waals surface area (Å²) in [5.41, 5.74) is 0.118. The molecule has 192 valence electrons. The third-order valence-corrected chi connectivity index (χ3v) is 9.61. The summed E-state index contributed by atoms with van der Waals surface area (Å²) in [6.45, 7) is 2.21. The maximum Gasteiger partial charge on any atom is 0.256 e. The fourth-order valence-corrected chi connectivity index (χ4v) is 6.64. The summed E-state index contributed by atoms with van der Waals surface area (Å²) in [6.07, 6.45) is 5.62. The van der Waals surface area contributed by atoms with Gasteiger partial charge in [0, 0.05) is 24.5 Å². The molecular weight excluding hydrogens is 512 g/mol. The van der Waals surface area contributed by atoms with Gasteiger partial charge >= 0.3 is 0 Å². The van der Waals surface area contributed by atoms with Gasteiger partial charge in [0.15, 0.2) is 9.84 Å². The van der Waals surface area contributed by atoms with Crippen molar-refractivity contribution in [2.45, 2.75) is 61.3 Å². The van der Waals surface area contributed by atoms with Crippen LogP contribution in [0.15, 0.2) is 35.5 Å². The highest BCUT2D eigenvalue weighted by molar-refractivity contribution is 7.92. The fourth-order valence-electron chi connectivity index (χ4n) is 4.85. The largest absolute Gasteiger partial charge is 0.347 e. The number of aromatic nitrogens is 1. The number of nitrogens with one attached hydrogen (secondary N) is 1. The van der Waals surface area contributed by atoms with Crippen molar-refractivity contribution < 1.29 is 26.8 Å². The third kappa shape index (κ3) is 4.85. The van der Waals surface area contributed by atoms with Gasteiger partial charge in [-0.3, -0.25) is 14.6 Å². The predicted octanol–water partition coefficient (Wildman–Crippen LogP) is 4.07. The molecule has 11 heteroatoms. The molecule has 0 bridgehead atoms. The first-order valence-corrected chi connectivity index (χ1v) is 13.9. The van der Waals surface area contributed by atoms with Gasteiger partial charge < -0.3 is 10.2 Å². The minimum Gasteiger partial charge on any atom is -0.347 e. The molecule has 3 aliphatic rings. The molecule has 1 aliphatic heterocycles. The van der Waals surface area contributed by atoms with E-state index in [0.29, 0.717) is 25.8 Å². The highest BCUT2D eigenvalue weighted by Crippen LogP contribution is 2.43. The third-order valence-electron chi connectivity index (χ3n) is 7.09. The zero-order valence-corrected chi connectivity index (χ0v) is 21.2. The average molecular weight is 538 g/mol. The summed E-state index contributed by atoms with van der Waals surface area (Å²) in [6, 6.07) is 1.65. The van der Waals surface area contributed by atoms with Crippen LogP contribution in [-0.4, -0.2) is 48.0 Å². The molecule has 1 aromatic heterocycles. The Kier molecular flexibility index (Phi) is 6.53. The number of carbonyl (C=O) groups is 2. The van der Waals surface area contributed by atoms with Crippen LogP contribution in [0.5, 0.6) is 0 Å². The topological polar surface area (TPSA) is 96.4 Å². The van der Waals surface area contributed by atoms with E-state index in [1.807, 2.05) is 6.92 Å². The van der Waals surface area contributed by atoms with E-state index in [0.717, 1.165) is 25.0 Å². The molecule has 0 radical (unpaired) electrons. The van der Waals surface area contributed by atoms with Crippen LogP contribution in [0, 0.1) is 23.5 Å². The Hall–Kier alpha value is -2.59. The molecule has 1 saturated heterocycles. The number of halogens is 3. The predicted molar refractivity (Wildman–Crippen MR) is 128 cm³/mol. The van der Waals surface area contributed by atoms with Crippen LogP contribution in [0.4, 0.5) is 8.78 Å². The molecule has 3 atom stereocenters. The lowest BCUT2D eigenvalue weighted by Crippen LogP contribution is -2.47. The van der Waals surface area contributed by atoms with Crippen LogP contribution in [0.3, 0.4) is 0 Å². The van der Waals surface area contributed by atoms with Crippen molar-refractivity contribution in [1.29, 1.82) is 0 Å². The molecule has 1 N–H and O–H groups in total. The molecule has 3 fully saturated rings. The Morgan fingerprint density at radius 1 is 1.11 bits per heavy atom. The molecule has 36 heavy (non-hydrogen) atoms. The van der Waals surface area contributed by atoms with Gasteiger partial charge in [0.25, 0.3) is 5.91 Å². The first-order valence-electron chi connectivity index (χ1n) is 12.0. The zero-order chi connectivity index (χ0) is 25.8. The maximum absolute atomic E-state index is 14.7. The summed E-state index contributed by atoms with van der Waals surface area (Å²) in [7, 11) is -3.53. The standard InChI is InChI=1S/C25H26ClF2N3O4S/c1-13-6-22(24(32)30-23(14-2-3-14)18-8-21(28)19(26)9-20(18)27)31(12-13)25(33)15-7-17(11-29-10-15)36(34,35)16-4-5-16/h7-11,13-14,16,22-23H,2-6,12H2,1H3,(H,30,32)/t13-,22-,23-/m1/s1. The summed E-state index contributed by atoms with van der Waals surface area (Å²) in [5.74, 6) is -2.46. The first-order chi connectivity index (χ1) is 17.1. The number of pyridine rings is 1. The smallest absolute Gasteiger partial charge is 0.256 e. The number of hydrogen-bond acceptors (Lipinski definition) is 5. The van der Waals surface area contributed by atoms with Crippen molar-refractivity contribution in [2.75, 3.05) is 6.54 Å². The molecule has 2 heterocycles. The van der Waals surface area contributed by atoms with E-state index in [2.05, 4.69) is 10.3 Å². The van der Waals surface area contributed by atoms with E-state index in [9.17, 15) is 26.8 Å². The molecule has 0 spiro atoms. The number of nitrogens with zero attached hydrogens (tertiary/aromatic N) is 2. The van der Waals surface area contributed by atoms with Gasteiger partial charge in [0.2, 0.25) is 5.91 Å². The molecule has 1 aromatic carbocycles. The highest BCUT2D eigenvalue weighted by Gasteiger charge is 2.42. The first kappa shape index (κ1) is 25.1. The van der Waals surface area contributed by atoms with Gasteiger partial charge in [0.05, 0.1) is 26.8 Å². The number of sulfone groups is 1. The quantitative estimate of drug-likeness (QED) is 0.537. The molecule has 2 amide bonds. The van der Waals surface area contributed by atoms with Crippen LogP contribution in [0.25, 0.3) is 0 Å². The molecule has 2 saturated carbocycles. The van der Waals surface area contributed by atoms with Crippen molar-refractivity contribution >= 4 is 33.3 Å². The normalized spacial score (nSPS) is 22.9. The van der Waals surface area contributed by atoms with Crippen molar-refractivity contribution in [3.05, 3.63) is 58.4 Å². The van der Waals surface area contributed by atoms with E-state index in [-0.39, 0.29) is 32.9 Å². The summed E-state index contributed by atoms with van der Waals surface area (Å²) in [5, 5.41) is 2.07. The second-order valence-electron chi connectivity index (χ2n) is 10.1. The summed E-state index contributed by atoms with van der Waals surface area (Å²) < 4.78 is 54.0. The lowest BCUT2D eigenvalue weighted by atomic mass is 10.00. The second-order valence-corrected chi connectivity index (χ2v) is 12.7. The van der Waals surface area contributed by atoms with Crippen LogP contribution in [-0.2, 0) is 14.6 Å². The van der Waals surface area contributed by atoms with E-state index >= 15 is 0 Å². The van der Waals surface area contributed by atoms with Gasteiger partial charge in [-0.2, -0.15) is 0 Å². The Bertz CT molecular complexity index is 1330. The average Bonchev–Trinajstić information content (AvgIpc) is 3.76. The van der Waals surface area contributed by atoms with Crippen molar-refractivity contribution in [3.63, 3.8) is 0 Å². The van der Waals surface area contributed by atoms with Crippen LogP contribution in [0.2, 0.25) is 5.02 Å². The number of likely N-dealkylation sites (tertiary alicyclic amines) is 1. The number of hydrogen-bond donors (Lipinski definition) is 1. The van der Waals surface area contributed by atoms with Crippen LogP contribution < -0.4 is 5.32 Å². The Labute approximate surface area is 213 Å². The maximum atomic E-state index is 14.7. The van der Waals surface area contributed by atoms with Gasteiger partial charge in [-0.15, -0.1) is 0 Å². The number of rotatable bonds is 7. The molecule has 2 aliphatic carbocycles. The lowest BCUT2D eigenvalue weighted by Gasteiger charge is -2.27.